The molecule has 8 heteroatoms. The van der Waals surface area contributed by atoms with E-state index in [1.54, 1.807) is 36.4 Å². The van der Waals surface area contributed by atoms with Crippen LogP contribution in [0.1, 0.15) is 11.3 Å². The van der Waals surface area contributed by atoms with E-state index in [4.69, 9.17) is 17.3 Å². The van der Waals surface area contributed by atoms with Crippen molar-refractivity contribution in [3.05, 3.63) is 81.1 Å². The Kier molecular flexibility index (Phi) is 4.78. The predicted molar refractivity (Wildman–Crippen MR) is 97.6 cm³/mol. The monoisotopic (exact) mass is 367 g/mol. The zero-order chi connectivity index (χ0) is 18.7. The maximum absolute atomic E-state index is 13.9. The van der Waals surface area contributed by atoms with Gasteiger partial charge in [0.25, 0.3) is 0 Å². The number of hydrogen-bond acceptors (Lipinski definition) is 5. The second-order valence-corrected chi connectivity index (χ2v) is 5.56. The van der Waals surface area contributed by atoms with Gasteiger partial charge in [-0.3, -0.25) is 0 Å². The van der Waals surface area contributed by atoms with Crippen molar-refractivity contribution in [3.8, 4) is 11.8 Å². The van der Waals surface area contributed by atoms with Crippen LogP contribution >= 0.6 is 11.6 Å². The molecule has 0 aliphatic rings. The Balaban J connectivity index is 2.20. The quantitative estimate of drug-likeness (QED) is 0.718. The van der Waals surface area contributed by atoms with Gasteiger partial charge >= 0.3 is 5.69 Å². The van der Waals surface area contributed by atoms with Gasteiger partial charge in [0.05, 0.1) is 10.7 Å². The largest absolute Gasteiger partial charge is 0.383 e. The molecule has 128 valence electrons. The number of aromatic nitrogens is 2. The Hall–Kier alpha value is -3.50. The van der Waals surface area contributed by atoms with Crippen LogP contribution in [-0.2, 0) is 0 Å². The first-order valence-corrected chi connectivity index (χ1v) is 7.77. The summed E-state index contributed by atoms with van der Waals surface area (Å²) in [5.74, 6) is -0.667. The third-order valence-corrected chi connectivity index (χ3v) is 3.88. The second kappa shape index (κ2) is 7.17. The molecule has 0 fully saturated rings. The average Bonchev–Trinajstić information content (AvgIpc) is 2.63. The first-order chi connectivity index (χ1) is 12.5. The first-order valence-electron chi connectivity index (χ1n) is 7.39. The van der Waals surface area contributed by atoms with E-state index in [1.165, 1.54) is 18.2 Å². The van der Waals surface area contributed by atoms with E-state index in [9.17, 15) is 14.4 Å². The highest BCUT2D eigenvalue weighted by Crippen LogP contribution is 2.26. The summed E-state index contributed by atoms with van der Waals surface area (Å²) in [5.41, 5.74) is 5.54. The maximum atomic E-state index is 13.9. The molecule has 0 radical (unpaired) electrons. The van der Waals surface area contributed by atoms with Crippen molar-refractivity contribution in [2.45, 2.75) is 0 Å². The first kappa shape index (κ1) is 17.3. The van der Waals surface area contributed by atoms with Crippen LogP contribution < -0.4 is 11.4 Å². The lowest BCUT2D eigenvalue weighted by Crippen LogP contribution is -2.25. The number of aliphatic imine (C=N–C) groups is 1. The molecule has 0 amide bonds. The molecule has 6 nitrogen and oxygen atoms in total. The Morgan fingerprint density at radius 3 is 2.62 bits per heavy atom. The van der Waals surface area contributed by atoms with Gasteiger partial charge in [-0.1, -0.05) is 35.9 Å². The van der Waals surface area contributed by atoms with Gasteiger partial charge in [0.1, 0.15) is 23.4 Å². The van der Waals surface area contributed by atoms with Gasteiger partial charge in [-0.15, -0.1) is 0 Å². The van der Waals surface area contributed by atoms with E-state index in [1.807, 2.05) is 0 Å². The van der Waals surface area contributed by atoms with Crippen molar-refractivity contribution in [2.24, 2.45) is 4.99 Å². The van der Waals surface area contributed by atoms with Crippen LogP contribution in [0.2, 0.25) is 5.02 Å². The third-order valence-electron chi connectivity index (χ3n) is 3.55. The topological polar surface area (TPSA) is 97.1 Å². The SMILES string of the molecule is N#Cc1nc(=O)n(-c2ccccc2)c(N)c1N=Cc1c(F)cccc1Cl. The van der Waals surface area contributed by atoms with E-state index in [0.717, 1.165) is 10.8 Å². The highest BCUT2D eigenvalue weighted by molar-refractivity contribution is 6.33. The van der Waals surface area contributed by atoms with Crippen LogP contribution in [0.3, 0.4) is 0 Å². The van der Waals surface area contributed by atoms with E-state index < -0.39 is 11.5 Å². The fourth-order valence-corrected chi connectivity index (χ4v) is 2.54. The van der Waals surface area contributed by atoms with Crippen LogP contribution in [-0.4, -0.2) is 15.8 Å². The number of halogens is 2. The number of hydrogen-bond donors (Lipinski definition) is 1. The Morgan fingerprint density at radius 2 is 1.96 bits per heavy atom. The standard InChI is InChI=1S/C18H11ClFN5O/c19-13-7-4-8-14(20)12(13)10-23-16-15(9-21)24-18(26)25(17(16)22)11-5-2-1-3-6-11/h1-8,10H,22H2. The van der Waals surface area contributed by atoms with Crippen LogP contribution in [0.25, 0.3) is 5.69 Å². The minimum Gasteiger partial charge on any atom is -0.383 e. The molecule has 0 aliphatic carbocycles. The van der Waals surface area contributed by atoms with E-state index in [2.05, 4.69) is 9.98 Å². The summed E-state index contributed by atoms with van der Waals surface area (Å²) in [5, 5.41) is 9.39. The van der Waals surface area contributed by atoms with Crippen molar-refractivity contribution >= 4 is 29.3 Å². The smallest absolute Gasteiger partial charge is 0.355 e. The molecule has 1 aromatic heterocycles. The normalized spacial score (nSPS) is 10.8. The molecule has 0 atom stereocenters. The van der Waals surface area contributed by atoms with E-state index >= 15 is 0 Å². The second-order valence-electron chi connectivity index (χ2n) is 5.15. The average molecular weight is 368 g/mol. The molecule has 3 aromatic rings. The molecule has 0 aliphatic heterocycles. The van der Waals surface area contributed by atoms with Crippen LogP contribution in [0.5, 0.6) is 0 Å². The molecule has 2 N–H and O–H groups in total. The summed E-state index contributed by atoms with van der Waals surface area (Å²) < 4.78 is 15.0. The minimum atomic E-state index is -0.715. The van der Waals surface area contributed by atoms with Gasteiger partial charge in [0, 0.05) is 11.8 Å². The molecule has 0 bridgehead atoms. The molecule has 1 heterocycles. The lowest BCUT2D eigenvalue weighted by molar-refractivity contribution is 0.626. The number of rotatable bonds is 3. The highest BCUT2D eigenvalue weighted by Gasteiger charge is 2.16. The van der Waals surface area contributed by atoms with Crippen molar-refractivity contribution < 1.29 is 4.39 Å². The van der Waals surface area contributed by atoms with Gasteiger partial charge in [0.15, 0.2) is 5.69 Å². The summed E-state index contributed by atoms with van der Waals surface area (Å²) in [6.45, 7) is 0. The van der Waals surface area contributed by atoms with Gasteiger partial charge < -0.3 is 5.73 Å². The zero-order valence-electron chi connectivity index (χ0n) is 13.2. The summed E-state index contributed by atoms with van der Waals surface area (Å²) in [6.07, 6.45) is 1.14. The number of nitriles is 1. The number of nitrogens with two attached hydrogens (primary N) is 1. The van der Waals surface area contributed by atoms with Crippen molar-refractivity contribution in [1.82, 2.24) is 9.55 Å². The lowest BCUT2D eigenvalue weighted by Gasteiger charge is -2.11. The molecule has 26 heavy (non-hydrogen) atoms. The number of para-hydroxylation sites is 1. The summed E-state index contributed by atoms with van der Waals surface area (Å²) in [6, 6.07) is 14.5. The molecular formula is C18H11ClFN5O. The summed E-state index contributed by atoms with van der Waals surface area (Å²) >= 11 is 5.96. The van der Waals surface area contributed by atoms with Crippen LogP contribution in [0.4, 0.5) is 15.9 Å². The molecule has 2 aromatic carbocycles. The molecule has 0 unspecified atom stereocenters. The molecular weight excluding hydrogens is 357 g/mol. The van der Waals surface area contributed by atoms with Gasteiger partial charge in [0.2, 0.25) is 0 Å². The maximum Gasteiger partial charge on any atom is 0.355 e. The molecule has 0 saturated heterocycles. The van der Waals surface area contributed by atoms with Crippen molar-refractivity contribution in [1.29, 1.82) is 5.26 Å². The minimum absolute atomic E-state index is 0.0370. The molecule has 3 rings (SSSR count). The Labute approximate surface area is 152 Å². The van der Waals surface area contributed by atoms with Gasteiger partial charge in [-0.05, 0) is 24.3 Å². The van der Waals surface area contributed by atoms with E-state index in [-0.39, 0.29) is 27.8 Å². The van der Waals surface area contributed by atoms with Gasteiger partial charge in [-0.25, -0.2) is 18.7 Å². The number of nitrogen functional groups attached to an aromatic ring is 1. The Morgan fingerprint density at radius 1 is 1.23 bits per heavy atom. The predicted octanol–water partition coefficient (Wildman–Crippen LogP) is 3.23. The zero-order valence-corrected chi connectivity index (χ0v) is 14.0. The number of nitrogens with zero attached hydrogens (tertiary/aromatic N) is 4. The van der Waals surface area contributed by atoms with E-state index in [0.29, 0.717) is 5.69 Å². The van der Waals surface area contributed by atoms with Crippen LogP contribution in [0.15, 0.2) is 58.3 Å². The fraction of sp³-hybridized carbons (Fsp3) is 0. The lowest BCUT2D eigenvalue weighted by atomic mass is 10.2. The molecule has 0 saturated carbocycles. The highest BCUT2D eigenvalue weighted by atomic mass is 35.5. The third kappa shape index (κ3) is 3.18. The number of anilines is 1. The fourth-order valence-electron chi connectivity index (χ4n) is 2.32. The summed E-state index contributed by atoms with van der Waals surface area (Å²) in [4.78, 5) is 20.0. The van der Waals surface area contributed by atoms with Crippen molar-refractivity contribution in [3.63, 3.8) is 0 Å². The number of benzene rings is 2. The van der Waals surface area contributed by atoms with Crippen LogP contribution in [0, 0.1) is 17.1 Å². The molecule has 0 spiro atoms. The van der Waals surface area contributed by atoms with Gasteiger partial charge in [-0.2, -0.15) is 10.2 Å². The van der Waals surface area contributed by atoms with Crippen molar-refractivity contribution in [2.75, 3.05) is 5.73 Å². The summed E-state index contributed by atoms with van der Waals surface area (Å²) in [7, 11) is 0. The Bertz CT molecular complexity index is 1080.